The lowest BCUT2D eigenvalue weighted by Gasteiger charge is -2.16. The molecule has 7 heteroatoms. The van der Waals surface area contributed by atoms with Gasteiger partial charge in [-0.1, -0.05) is 0 Å². The number of likely N-dealkylation sites (tertiary alicyclic amines) is 1. The second kappa shape index (κ2) is 5.49. The topological polar surface area (TPSA) is 41.6 Å². The van der Waals surface area contributed by atoms with Gasteiger partial charge < -0.3 is 15.0 Å². The van der Waals surface area contributed by atoms with Crippen molar-refractivity contribution in [1.29, 1.82) is 0 Å². The van der Waals surface area contributed by atoms with E-state index < -0.39 is 19.4 Å². The molecule has 1 amide bonds. The molecule has 0 aromatic carbocycles. The minimum Gasteiger partial charge on any atom is -0.362 e. The number of likely N-dealkylation sites (N-methyl/N-ethyl adjacent to an activating group) is 1. The zero-order chi connectivity index (χ0) is 12.2. The van der Waals surface area contributed by atoms with Gasteiger partial charge in [0.05, 0.1) is 0 Å². The lowest BCUT2D eigenvalue weighted by atomic mass is 10.3. The summed E-state index contributed by atoms with van der Waals surface area (Å²) >= 11 is 0. The number of nitrogens with one attached hydrogen (secondary N) is 1. The molecule has 0 saturated carbocycles. The SMILES string of the molecule is CNC1CCN(C(=O)COCC(F)(F)F)C1. The van der Waals surface area contributed by atoms with E-state index in [0.717, 1.165) is 6.42 Å². The molecule has 16 heavy (non-hydrogen) atoms. The maximum atomic E-state index is 11.7. The molecule has 0 spiro atoms. The van der Waals surface area contributed by atoms with Crippen LogP contribution in [0.5, 0.6) is 0 Å². The summed E-state index contributed by atoms with van der Waals surface area (Å²) in [6, 6.07) is 0.228. The van der Waals surface area contributed by atoms with Crippen LogP contribution in [-0.4, -0.2) is 56.4 Å². The van der Waals surface area contributed by atoms with Crippen molar-refractivity contribution in [3.63, 3.8) is 0 Å². The van der Waals surface area contributed by atoms with Crippen LogP contribution in [0.3, 0.4) is 0 Å². The maximum Gasteiger partial charge on any atom is 0.411 e. The maximum absolute atomic E-state index is 11.7. The monoisotopic (exact) mass is 240 g/mol. The quantitative estimate of drug-likeness (QED) is 0.772. The molecular formula is C9H15F3N2O2. The lowest BCUT2D eigenvalue weighted by Crippen LogP contribution is -2.36. The Kier molecular flexibility index (Phi) is 4.55. The third kappa shape index (κ3) is 4.36. The van der Waals surface area contributed by atoms with Gasteiger partial charge in [-0.15, -0.1) is 0 Å². The first-order chi connectivity index (χ1) is 7.42. The number of halogens is 3. The van der Waals surface area contributed by atoms with Crippen molar-refractivity contribution in [3.05, 3.63) is 0 Å². The molecule has 0 aromatic heterocycles. The molecule has 1 fully saturated rings. The summed E-state index contributed by atoms with van der Waals surface area (Å²) in [5.41, 5.74) is 0. The fourth-order valence-electron chi connectivity index (χ4n) is 1.57. The first kappa shape index (κ1) is 13.2. The van der Waals surface area contributed by atoms with Gasteiger partial charge in [-0.3, -0.25) is 4.79 Å². The van der Waals surface area contributed by atoms with E-state index in [1.807, 2.05) is 0 Å². The van der Waals surface area contributed by atoms with Crippen LogP contribution in [0.25, 0.3) is 0 Å². The van der Waals surface area contributed by atoms with Crippen molar-refractivity contribution >= 4 is 5.91 Å². The highest BCUT2D eigenvalue weighted by atomic mass is 19.4. The lowest BCUT2D eigenvalue weighted by molar-refractivity contribution is -0.177. The highest BCUT2D eigenvalue weighted by Crippen LogP contribution is 2.15. The number of amides is 1. The molecule has 0 bridgehead atoms. The van der Waals surface area contributed by atoms with Gasteiger partial charge in [0.25, 0.3) is 0 Å². The second-order valence-corrected chi connectivity index (χ2v) is 3.72. The first-order valence-electron chi connectivity index (χ1n) is 5.02. The largest absolute Gasteiger partial charge is 0.411 e. The Labute approximate surface area is 91.7 Å². The van der Waals surface area contributed by atoms with Gasteiger partial charge in [0, 0.05) is 19.1 Å². The van der Waals surface area contributed by atoms with Crippen LogP contribution >= 0.6 is 0 Å². The Bertz CT molecular complexity index is 245. The molecule has 4 nitrogen and oxygen atoms in total. The normalized spacial score (nSPS) is 21.5. The van der Waals surface area contributed by atoms with E-state index in [0.29, 0.717) is 13.1 Å². The van der Waals surface area contributed by atoms with Crippen LogP contribution in [0.1, 0.15) is 6.42 Å². The molecule has 0 aromatic rings. The van der Waals surface area contributed by atoms with Crippen molar-refractivity contribution in [2.75, 3.05) is 33.4 Å². The smallest absolute Gasteiger partial charge is 0.362 e. The van der Waals surface area contributed by atoms with Gasteiger partial charge >= 0.3 is 6.18 Å². The van der Waals surface area contributed by atoms with Crippen molar-refractivity contribution < 1.29 is 22.7 Å². The van der Waals surface area contributed by atoms with Crippen LogP contribution in [0.4, 0.5) is 13.2 Å². The second-order valence-electron chi connectivity index (χ2n) is 3.72. The van der Waals surface area contributed by atoms with Gasteiger partial charge in [0.2, 0.25) is 5.91 Å². The Hall–Kier alpha value is -0.820. The molecule has 0 aliphatic carbocycles. The van der Waals surface area contributed by atoms with E-state index in [1.54, 1.807) is 7.05 Å². The van der Waals surface area contributed by atoms with Gasteiger partial charge in [-0.05, 0) is 13.5 Å². The molecular weight excluding hydrogens is 225 g/mol. The van der Waals surface area contributed by atoms with Crippen LogP contribution < -0.4 is 5.32 Å². The summed E-state index contributed by atoms with van der Waals surface area (Å²) in [4.78, 5) is 12.9. The van der Waals surface area contributed by atoms with Crippen molar-refractivity contribution in [2.24, 2.45) is 0 Å². The highest BCUT2D eigenvalue weighted by molar-refractivity contribution is 5.77. The third-order valence-electron chi connectivity index (χ3n) is 2.44. The van der Waals surface area contributed by atoms with Gasteiger partial charge in [0.1, 0.15) is 13.2 Å². The predicted molar refractivity (Wildman–Crippen MR) is 50.9 cm³/mol. The number of rotatable bonds is 4. The molecule has 1 rings (SSSR count). The summed E-state index contributed by atoms with van der Waals surface area (Å²) in [6.45, 7) is -0.775. The van der Waals surface area contributed by atoms with Crippen LogP contribution in [0, 0.1) is 0 Å². The van der Waals surface area contributed by atoms with Crippen molar-refractivity contribution in [1.82, 2.24) is 10.2 Å². The van der Waals surface area contributed by atoms with Crippen molar-refractivity contribution in [2.45, 2.75) is 18.6 Å². The Morgan fingerprint density at radius 3 is 2.75 bits per heavy atom. The highest BCUT2D eigenvalue weighted by Gasteiger charge is 2.29. The van der Waals surface area contributed by atoms with E-state index in [-0.39, 0.29) is 11.9 Å². The predicted octanol–water partition coefficient (Wildman–Crippen LogP) is 0.386. The zero-order valence-electron chi connectivity index (χ0n) is 9.01. The number of hydrogen-bond donors (Lipinski definition) is 1. The third-order valence-corrected chi connectivity index (χ3v) is 2.44. The Morgan fingerprint density at radius 1 is 1.56 bits per heavy atom. The molecule has 94 valence electrons. The number of ether oxygens (including phenoxy) is 1. The summed E-state index contributed by atoms with van der Waals surface area (Å²) in [5, 5.41) is 3.01. The fraction of sp³-hybridized carbons (Fsp3) is 0.889. The van der Waals surface area contributed by atoms with Crippen molar-refractivity contribution in [3.8, 4) is 0 Å². The van der Waals surface area contributed by atoms with Crippen LogP contribution in [0.15, 0.2) is 0 Å². The van der Waals surface area contributed by atoms with E-state index in [9.17, 15) is 18.0 Å². The molecule has 1 aliphatic heterocycles. The molecule has 0 radical (unpaired) electrons. The molecule has 1 heterocycles. The molecule has 1 saturated heterocycles. The zero-order valence-corrected chi connectivity index (χ0v) is 9.01. The standard InChI is InChI=1S/C9H15F3N2O2/c1-13-7-2-3-14(4-7)8(15)5-16-6-9(10,11)12/h7,13H,2-6H2,1H3. The molecule has 1 atom stereocenters. The van der Waals surface area contributed by atoms with Gasteiger partial charge in [-0.2, -0.15) is 13.2 Å². The summed E-state index contributed by atoms with van der Waals surface area (Å²) in [7, 11) is 1.79. The average Bonchev–Trinajstić information content (AvgIpc) is 2.63. The summed E-state index contributed by atoms with van der Waals surface area (Å²) in [6.07, 6.45) is -3.56. The van der Waals surface area contributed by atoms with Gasteiger partial charge in [-0.25, -0.2) is 0 Å². The minimum atomic E-state index is -4.38. The van der Waals surface area contributed by atoms with E-state index in [2.05, 4.69) is 10.1 Å². The van der Waals surface area contributed by atoms with Crippen LogP contribution in [-0.2, 0) is 9.53 Å². The van der Waals surface area contributed by atoms with E-state index in [1.165, 1.54) is 4.90 Å². The Balaban J connectivity index is 2.21. The van der Waals surface area contributed by atoms with Gasteiger partial charge in [0.15, 0.2) is 0 Å². The fourth-order valence-corrected chi connectivity index (χ4v) is 1.57. The molecule has 1 aliphatic rings. The van der Waals surface area contributed by atoms with E-state index in [4.69, 9.17) is 0 Å². The number of alkyl halides is 3. The summed E-state index contributed by atoms with van der Waals surface area (Å²) in [5.74, 6) is -0.387. The van der Waals surface area contributed by atoms with Crippen LogP contribution in [0.2, 0.25) is 0 Å². The summed E-state index contributed by atoms with van der Waals surface area (Å²) < 4.78 is 39.5. The number of hydrogen-bond acceptors (Lipinski definition) is 3. The number of carbonyl (C=O) groups is 1. The molecule has 1 N–H and O–H groups in total. The minimum absolute atomic E-state index is 0.228. The number of nitrogens with zero attached hydrogens (tertiary/aromatic N) is 1. The van der Waals surface area contributed by atoms with E-state index >= 15 is 0 Å². The molecule has 1 unspecified atom stereocenters. The first-order valence-corrected chi connectivity index (χ1v) is 5.02. The average molecular weight is 240 g/mol. The Morgan fingerprint density at radius 2 is 2.25 bits per heavy atom. The number of carbonyl (C=O) groups excluding carboxylic acids is 1.